The molecule has 0 aliphatic carbocycles. The fourth-order valence-electron chi connectivity index (χ4n) is 1.61. The van der Waals surface area contributed by atoms with Crippen molar-refractivity contribution in [2.24, 2.45) is 10.9 Å². The van der Waals surface area contributed by atoms with Crippen LogP contribution >= 0.6 is 0 Å². The summed E-state index contributed by atoms with van der Waals surface area (Å²) in [5.74, 6) is -1.59. The first-order valence-corrected chi connectivity index (χ1v) is 5.79. The minimum Gasteiger partial charge on any atom is -0.409 e. The molecule has 0 aliphatic heterocycles. The van der Waals surface area contributed by atoms with Crippen LogP contribution in [0.5, 0.6) is 0 Å². The predicted molar refractivity (Wildman–Crippen MR) is 73.9 cm³/mol. The molecule has 0 radical (unpaired) electrons. The van der Waals surface area contributed by atoms with E-state index in [2.05, 4.69) is 15.5 Å². The normalized spacial score (nSPS) is 11.2. The SMILES string of the molecule is N/C(=N/O)c1cc(NC(=O)c2ccc(=O)[nH]c2)ccc1F. The number of carbonyl (C=O) groups is 1. The number of nitrogens with zero attached hydrogens (tertiary/aromatic N) is 1. The van der Waals surface area contributed by atoms with Gasteiger partial charge in [-0.15, -0.1) is 0 Å². The zero-order valence-corrected chi connectivity index (χ0v) is 10.6. The van der Waals surface area contributed by atoms with Crippen molar-refractivity contribution in [1.29, 1.82) is 0 Å². The molecule has 1 aromatic carbocycles. The fourth-order valence-corrected chi connectivity index (χ4v) is 1.61. The lowest BCUT2D eigenvalue weighted by Crippen LogP contribution is -2.17. The molecule has 0 atom stereocenters. The molecule has 8 heteroatoms. The van der Waals surface area contributed by atoms with Crippen LogP contribution in [0.4, 0.5) is 10.1 Å². The molecule has 21 heavy (non-hydrogen) atoms. The van der Waals surface area contributed by atoms with E-state index in [1.54, 1.807) is 0 Å². The number of amides is 1. The lowest BCUT2D eigenvalue weighted by atomic mass is 10.1. The Kier molecular flexibility index (Phi) is 3.98. The van der Waals surface area contributed by atoms with Crippen molar-refractivity contribution in [2.75, 3.05) is 5.32 Å². The molecule has 0 unspecified atom stereocenters. The Labute approximate surface area is 117 Å². The van der Waals surface area contributed by atoms with E-state index in [1.807, 2.05) is 0 Å². The Hall–Kier alpha value is -3.16. The molecular weight excluding hydrogens is 279 g/mol. The lowest BCUT2D eigenvalue weighted by molar-refractivity contribution is 0.102. The third kappa shape index (κ3) is 3.24. The molecule has 0 aliphatic rings. The quantitative estimate of drug-likeness (QED) is 0.290. The first-order valence-electron chi connectivity index (χ1n) is 5.79. The third-order valence-electron chi connectivity index (χ3n) is 2.65. The number of hydrogen-bond acceptors (Lipinski definition) is 4. The molecular formula is C13H11FN4O3. The van der Waals surface area contributed by atoms with Crippen molar-refractivity contribution >= 4 is 17.4 Å². The summed E-state index contributed by atoms with van der Waals surface area (Å²) in [6.07, 6.45) is 1.26. The number of carbonyl (C=O) groups excluding carboxylic acids is 1. The predicted octanol–water partition coefficient (Wildman–Crippen LogP) is 0.861. The second-order valence-corrected chi connectivity index (χ2v) is 4.08. The number of hydrogen-bond donors (Lipinski definition) is 4. The van der Waals surface area contributed by atoms with Gasteiger partial charge in [0.2, 0.25) is 5.56 Å². The second-order valence-electron chi connectivity index (χ2n) is 4.08. The van der Waals surface area contributed by atoms with Crippen molar-refractivity contribution in [2.45, 2.75) is 0 Å². The van der Waals surface area contributed by atoms with Crippen LogP contribution in [0.2, 0.25) is 0 Å². The van der Waals surface area contributed by atoms with Crippen molar-refractivity contribution in [1.82, 2.24) is 4.98 Å². The van der Waals surface area contributed by atoms with Gasteiger partial charge in [0, 0.05) is 18.0 Å². The average Bonchev–Trinajstić information content (AvgIpc) is 2.49. The number of aromatic nitrogens is 1. The van der Waals surface area contributed by atoms with Crippen LogP contribution < -0.4 is 16.6 Å². The number of H-pyrrole nitrogens is 1. The molecule has 0 fully saturated rings. The van der Waals surface area contributed by atoms with Crippen LogP contribution in [-0.4, -0.2) is 21.9 Å². The fraction of sp³-hybridized carbons (Fsp3) is 0. The Morgan fingerprint density at radius 2 is 2.10 bits per heavy atom. The number of anilines is 1. The van der Waals surface area contributed by atoms with Gasteiger partial charge in [0.15, 0.2) is 5.84 Å². The summed E-state index contributed by atoms with van der Waals surface area (Å²) in [5, 5.41) is 13.8. The number of nitrogens with one attached hydrogen (secondary N) is 2. The summed E-state index contributed by atoms with van der Waals surface area (Å²) in [4.78, 5) is 25.2. The minimum atomic E-state index is -0.688. The lowest BCUT2D eigenvalue weighted by Gasteiger charge is -2.07. The minimum absolute atomic E-state index is 0.142. The summed E-state index contributed by atoms with van der Waals surface area (Å²) in [7, 11) is 0. The number of oxime groups is 1. The molecule has 0 bridgehead atoms. The van der Waals surface area contributed by atoms with Crippen molar-refractivity contribution in [3.8, 4) is 0 Å². The summed E-state index contributed by atoms with van der Waals surface area (Å²) in [6, 6.07) is 6.19. The van der Waals surface area contributed by atoms with Gasteiger partial charge in [-0.2, -0.15) is 0 Å². The Morgan fingerprint density at radius 3 is 2.71 bits per heavy atom. The topological polar surface area (TPSA) is 121 Å². The number of amidine groups is 1. The molecule has 0 spiro atoms. The standard InChI is InChI=1S/C13H11FN4O3/c14-10-3-2-8(5-9(10)12(15)18-21)17-13(20)7-1-4-11(19)16-6-7/h1-6,21H,(H2,15,18)(H,16,19)(H,17,20). The molecule has 2 rings (SSSR count). The van der Waals surface area contributed by atoms with Gasteiger partial charge in [-0.3, -0.25) is 9.59 Å². The highest BCUT2D eigenvalue weighted by Crippen LogP contribution is 2.15. The number of rotatable bonds is 3. The van der Waals surface area contributed by atoms with Gasteiger partial charge in [0.05, 0.1) is 11.1 Å². The average molecular weight is 290 g/mol. The first kappa shape index (κ1) is 14.3. The van der Waals surface area contributed by atoms with E-state index in [1.165, 1.54) is 30.5 Å². The second kappa shape index (κ2) is 5.87. The summed E-state index contributed by atoms with van der Waals surface area (Å²) < 4.78 is 13.5. The molecule has 0 saturated carbocycles. The van der Waals surface area contributed by atoms with Crippen LogP contribution in [0.15, 0.2) is 46.5 Å². The number of nitrogens with two attached hydrogens (primary N) is 1. The first-order chi connectivity index (χ1) is 10.0. The van der Waals surface area contributed by atoms with Crippen LogP contribution in [0.3, 0.4) is 0 Å². The molecule has 108 valence electrons. The monoisotopic (exact) mass is 290 g/mol. The Morgan fingerprint density at radius 1 is 1.33 bits per heavy atom. The van der Waals surface area contributed by atoms with Crippen molar-refractivity contribution in [3.05, 3.63) is 63.8 Å². The maximum Gasteiger partial charge on any atom is 0.257 e. The molecule has 1 amide bonds. The Bertz CT molecular complexity index is 750. The van der Waals surface area contributed by atoms with Gasteiger partial charge in [-0.05, 0) is 24.3 Å². The van der Waals surface area contributed by atoms with Gasteiger partial charge in [0.25, 0.3) is 5.91 Å². The molecule has 1 aromatic heterocycles. The van der Waals surface area contributed by atoms with Crippen LogP contribution in [-0.2, 0) is 0 Å². The summed E-state index contributed by atoms with van der Waals surface area (Å²) in [5.41, 5.74) is 5.34. The molecule has 2 aromatic rings. The van der Waals surface area contributed by atoms with E-state index in [9.17, 15) is 14.0 Å². The molecule has 0 saturated heterocycles. The summed E-state index contributed by atoms with van der Waals surface area (Å²) in [6.45, 7) is 0. The van der Waals surface area contributed by atoms with E-state index in [4.69, 9.17) is 10.9 Å². The third-order valence-corrected chi connectivity index (χ3v) is 2.65. The zero-order chi connectivity index (χ0) is 15.4. The van der Waals surface area contributed by atoms with Gasteiger partial charge >= 0.3 is 0 Å². The summed E-state index contributed by atoms with van der Waals surface area (Å²) >= 11 is 0. The van der Waals surface area contributed by atoms with Gasteiger partial charge < -0.3 is 21.2 Å². The van der Waals surface area contributed by atoms with Crippen LogP contribution in [0.1, 0.15) is 15.9 Å². The highest BCUT2D eigenvalue weighted by molar-refractivity contribution is 6.05. The number of halogens is 1. The van der Waals surface area contributed by atoms with Crippen LogP contribution in [0, 0.1) is 5.82 Å². The zero-order valence-electron chi connectivity index (χ0n) is 10.6. The molecule has 7 nitrogen and oxygen atoms in total. The highest BCUT2D eigenvalue weighted by atomic mass is 19.1. The smallest absolute Gasteiger partial charge is 0.257 e. The number of pyridine rings is 1. The maximum atomic E-state index is 13.5. The van der Waals surface area contributed by atoms with E-state index < -0.39 is 17.6 Å². The van der Waals surface area contributed by atoms with Gasteiger partial charge in [0.1, 0.15) is 5.82 Å². The van der Waals surface area contributed by atoms with Crippen molar-refractivity contribution < 1.29 is 14.4 Å². The van der Waals surface area contributed by atoms with E-state index in [0.29, 0.717) is 0 Å². The molecule has 5 N–H and O–H groups in total. The Balaban J connectivity index is 2.25. The van der Waals surface area contributed by atoms with Crippen LogP contribution in [0.25, 0.3) is 0 Å². The van der Waals surface area contributed by atoms with E-state index >= 15 is 0 Å². The van der Waals surface area contributed by atoms with E-state index in [-0.39, 0.29) is 22.4 Å². The largest absolute Gasteiger partial charge is 0.409 e. The van der Waals surface area contributed by atoms with Crippen molar-refractivity contribution in [3.63, 3.8) is 0 Å². The van der Waals surface area contributed by atoms with Gasteiger partial charge in [-0.1, -0.05) is 5.16 Å². The highest BCUT2D eigenvalue weighted by Gasteiger charge is 2.11. The number of benzene rings is 1. The number of aromatic amines is 1. The van der Waals surface area contributed by atoms with E-state index in [0.717, 1.165) is 6.07 Å². The van der Waals surface area contributed by atoms with Gasteiger partial charge in [-0.25, -0.2) is 4.39 Å². The maximum absolute atomic E-state index is 13.5. The molecule has 1 heterocycles.